The van der Waals surface area contributed by atoms with E-state index in [0.29, 0.717) is 5.56 Å². The molecule has 3 aromatic rings. The number of hydrogen-bond donors (Lipinski definition) is 0. The van der Waals surface area contributed by atoms with Crippen LogP contribution in [0.3, 0.4) is 0 Å². The van der Waals surface area contributed by atoms with Crippen molar-refractivity contribution in [2.24, 2.45) is 5.92 Å². The Bertz CT molecular complexity index is 1130. The van der Waals surface area contributed by atoms with Crippen LogP contribution in [0.4, 0.5) is 0 Å². The predicted octanol–water partition coefficient (Wildman–Crippen LogP) is 5.94. The Morgan fingerprint density at radius 2 is 1.61 bits per heavy atom. The molecular weight excluding hydrogens is 384 g/mol. The third-order valence-electron chi connectivity index (χ3n) is 6.72. The fourth-order valence-corrected chi connectivity index (χ4v) is 4.87. The molecule has 0 saturated heterocycles. The van der Waals surface area contributed by atoms with Crippen LogP contribution in [0.15, 0.2) is 72.8 Å². The molecule has 2 atom stereocenters. The lowest BCUT2D eigenvalue weighted by Gasteiger charge is -2.42. The van der Waals surface area contributed by atoms with Crippen molar-refractivity contribution in [2.45, 2.75) is 51.0 Å². The summed E-state index contributed by atoms with van der Waals surface area (Å²) in [7, 11) is 0. The maximum atomic E-state index is 12.9. The summed E-state index contributed by atoms with van der Waals surface area (Å²) >= 11 is 0. The Balaban J connectivity index is 1.60. The molecule has 4 rings (SSSR count). The van der Waals surface area contributed by atoms with Crippen LogP contribution in [0.25, 0.3) is 16.3 Å². The van der Waals surface area contributed by atoms with E-state index < -0.39 is 5.97 Å². The van der Waals surface area contributed by atoms with Crippen molar-refractivity contribution in [1.29, 1.82) is 0 Å². The maximum absolute atomic E-state index is 12.9. The van der Waals surface area contributed by atoms with Crippen LogP contribution in [0.2, 0.25) is 0 Å². The summed E-state index contributed by atoms with van der Waals surface area (Å²) in [6.45, 7) is 4.48. The van der Waals surface area contributed by atoms with E-state index in [1.165, 1.54) is 16.3 Å². The van der Waals surface area contributed by atoms with Crippen molar-refractivity contribution in [3.8, 4) is 0 Å². The monoisotopic (exact) mass is 412 g/mol. The number of carbonyl (C=O) groups excluding carboxylic acids is 1. The molecule has 1 aliphatic carbocycles. The number of ether oxygens (including phenoxy) is 1. The van der Waals surface area contributed by atoms with Gasteiger partial charge in [-0.1, -0.05) is 80.9 Å². The molecule has 0 aromatic heterocycles. The first kappa shape index (κ1) is 21.0. The van der Waals surface area contributed by atoms with Gasteiger partial charge in [-0.25, -0.2) is 4.79 Å². The molecule has 0 unspecified atom stereocenters. The van der Waals surface area contributed by atoms with E-state index in [1.807, 2.05) is 6.07 Å². The second kappa shape index (κ2) is 8.87. The number of benzene rings is 3. The number of rotatable bonds is 5. The van der Waals surface area contributed by atoms with Gasteiger partial charge in [0.25, 0.3) is 0 Å². The van der Waals surface area contributed by atoms with Gasteiger partial charge in [-0.2, -0.15) is 4.79 Å². The maximum Gasteiger partial charge on any atom is 0.422 e. The normalized spacial score (nSPS) is 18.9. The second-order valence-electron chi connectivity index (χ2n) is 8.93. The fraction of sp³-hybridized carbons (Fsp3) is 0.333. The zero-order chi connectivity index (χ0) is 21.8. The highest BCUT2D eigenvalue weighted by molar-refractivity contribution is 6.40. The Morgan fingerprint density at radius 1 is 0.935 bits per heavy atom. The highest BCUT2D eigenvalue weighted by Crippen LogP contribution is 2.42. The minimum absolute atomic E-state index is 0.0477. The first-order chi connectivity index (χ1) is 15.0. The molecular formula is C27H28N2O2. The minimum Gasteiger partial charge on any atom is -0.453 e. The van der Waals surface area contributed by atoms with Gasteiger partial charge in [0.15, 0.2) is 0 Å². The van der Waals surface area contributed by atoms with Crippen molar-refractivity contribution in [1.82, 2.24) is 0 Å². The van der Waals surface area contributed by atoms with Gasteiger partial charge in [0.05, 0.1) is 5.56 Å². The second-order valence-corrected chi connectivity index (χ2v) is 8.93. The third kappa shape index (κ3) is 4.30. The molecule has 0 aliphatic heterocycles. The molecule has 1 fully saturated rings. The third-order valence-corrected chi connectivity index (χ3v) is 6.72. The zero-order valence-corrected chi connectivity index (χ0v) is 18.1. The molecule has 0 N–H and O–H groups in total. The number of fused-ring (bicyclic) bond motifs is 1. The predicted molar refractivity (Wildman–Crippen MR) is 123 cm³/mol. The first-order valence-corrected chi connectivity index (χ1v) is 11.0. The number of hydrogen-bond acceptors (Lipinski definition) is 2. The molecule has 4 heteroatoms. The minimum atomic E-state index is -0.570. The van der Waals surface area contributed by atoms with Crippen molar-refractivity contribution in [3.05, 3.63) is 89.5 Å². The topological polar surface area (TPSA) is 62.7 Å². The number of nitrogens with zero attached hydrogens (tertiary/aromatic N) is 2. The van der Waals surface area contributed by atoms with Crippen molar-refractivity contribution >= 4 is 22.5 Å². The lowest BCUT2D eigenvalue weighted by atomic mass is 9.66. The van der Waals surface area contributed by atoms with Crippen LogP contribution >= 0.6 is 0 Å². The van der Waals surface area contributed by atoms with Crippen molar-refractivity contribution in [3.63, 3.8) is 0 Å². The highest BCUT2D eigenvalue weighted by atomic mass is 16.5. The van der Waals surface area contributed by atoms with E-state index in [0.717, 1.165) is 25.7 Å². The Morgan fingerprint density at radius 3 is 2.35 bits per heavy atom. The van der Waals surface area contributed by atoms with Gasteiger partial charge in [0, 0.05) is 5.92 Å². The molecule has 158 valence electrons. The van der Waals surface area contributed by atoms with Crippen molar-refractivity contribution in [2.75, 3.05) is 0 Å². The van der Waals surface area contributed by atoms with Crippen LogP contribution in [0.5, 0.6) is 0 Å². The van der Waals surface area contributed by atoms with Crippen molar-refractivity contribution < 1.29 is 14.3 Å². The molecule has 1 aliphatic rings. The Kier molecular flexibility index (Phi) is 6.01. The summed E-state index contributed by atoms with van der Waals surface area (Å²) in [5.74, 6) is -0.387. The molecule has 31 heavy (non-hydrogen) atoms. The highest BCUT2D eigenvalue weighted by Gasteiger charge is 2.41. The number of carbonyl (C=O) groups is 1. The van der Waals surface area contributed by atoms with E-state index in [1.54, 1.807) is 24.3 Å². The summed E-state index contributed by atoms with van der Waals surface area (Å²) < 4.78 is 5.98. The molecule has 4 nitrogen and oxygen atoms in total. The van der Waals surface area contributed by atoms with Gasteiger partial charge in [-0.15, -0.1) is 0 Å². The largest absolute Gasteiger partial charge is 0.453 e. The molecule has 0 heterocycles. The molecule has 0 bridgehead atoms. The smallest absolute Gasteiger partial charge is 0.422 e. The average molecular weight is 413 g/mol. The average Bonchev–Trinajstić information content (AvgIpc) is 2.80. The molecule has 0 radical (unpaired) electrons. The van der Waals surface area contributed by atoms with Crippen LogP contribution in [0.1, 0.15) is 50.7 Å². The zero-order valence-electron chi connectivity index (χ0n) is 18.1. The quantitative estimate of drug-likeness (QED) is 0.225. The Hall–Kier alpha value is -3.23. The van der Waals surface area contributed by atoms with E-state index in [2.05, 4.69) is 61.1 Å². The summed E-state index contributed by atoms with van der Waals surface area (Å²) in [4.78, 5) is 16.2. The van der Waals surface area contributed by atoms with E-state index in [4.69, 9.17) is 4.74 Å². The van der Waals surface area contributed by atoms with Gasteiger partial charge in [0.2, 0.25) is 0 Å². The van der Waals surface area contributed by atoms with Gasteiger partial charge in [-0.3, -0.25) is 0 Å². The van der Waals surface area contributed by atoms with E-state index >= 15 is 0 Å². The fourth-order valence-electron chi connectivity index (χ4n) is 4.87. The molecule has 0 amide bonds. The van der Waals surface area contributed by atoms with Gasteiger partial charge >= 0.3 is 11.7 Å². The summed E-state index contributed by atoms with van der Waals surface area (Å²) in [6, 6.07) is 23.9. The van der Waals surface area contributed by atoms with Crippen LogP contribution in [-0.2, 0) is 14.9 Å². The van der Waals surface area contributed by atoms with E-state index in [-0.39, 0.29) is 23.1 Å². The number of esters is 1. The molecule has 1 saturated carbocycles. The van der Waals surface area contributed by atoms with E-state index in [9.17, 15) is 10.3 Å². The summed E-state index contributed by atoms with van der Waals surface area (Å²) in [6.07, 6.45) is 3.74. The first-order valence-electron chi connectivity index (χ1n) is 11.0. The molecule has 3 aromatic carbocycles. The van der Waals surface area contributed by atoms with Gasteiger partial charge in [-0.05, 0) is 53.1 Å². The van der Waals surface area contributed by atoms with Crippen LogP contribution in [-0.4, -0.2) is 22.6 Å². The standard InChI is InChI=1S/C27H28N2O2/c1-27(2,22-17-16-19-10-6-7-13-21(19)18-22)23-14-8-9-15-24(23)31-26(30)25(29-28)20-11-4-3-5-12-20/h3-7,10-13,16-18,23-24H,8-9,14-15H2,1-2H3/t23-,24-/m1/s1. The van der Waals surface area contributed by atoms with Crippen LogP contribution < -0.4 is 0 Å². The lowest BCUT2D eigenvalue weighted by molar-refractivity contribution is -0.151. The molecule has 0 spiro atoms. The van der Waals surface area contributed by atoms with Gasteiger partial charge in [0.1, 0.15) is 6.10 Å². The summed E-state index contributed by atoms with van der Waals surface area (Å²) in [5.41, 5.74) is 11.1. The van der Waals surface area contributed by atoms with Gasteiger partial charge < -0.3 is 10.3 Å². The Labute approximate surface area is 183 Å². The lowest BCUT2D eigenvalue weighted by Crippen LogP contribution is -2.43. The van der Waals surface area contributed by atoms with Crippen LogP contribution in [0, 0.1) is 5.92 Å². The summed E-state index contributed by atoms with van der Waals surface area (Å²) in [5, 5.41) is 2.44. The SMILES string of the molecule is CC(C)(c1ccc2ccccc2c1)[C@@H]1CCCC[C@H]1OC(=O)C(=[N+]=[N-])c1ccccc1.